The SMILES string of the molecule is CC[C@@H](C)N(Cc1cc2ccccc2n(C)c1=O)C1CCCC1. The second-order valence-electron chi connectivity index (χ2n) is 6.96. The van der Waals surface area contributed by atoms with Gasteiger partial charge in [-0.2, -0.15) is 0 Å². The van der Waals surface area contributed by atoms with Crippen molar-refractivity contribution in [2.45, 2.75) is 64.6 Å². The molecule has 0 radical (unpaired) electrons. The fraction of sp³-hybridized carbons (Fsp3) is 0.550. The lowest BCUT2D eigenvalue weighted by Gasteiger charge is -2.34. The standard InChI is InChI=1S/C20H28N2O/c1-4-15(2)22(18-10-6-7-11-18)14-17-13-16-9-5-8-12-19(16)21(3)20(17)23/h5,8-9,12-13,15,18H,4,6-7,10-11,14H2,1-3H3/t15-/m1/s1. The largest absolute Gasteiger partial charge is 0.311 e. The number of aryl methyl sites for hydroxylation is 1. The van der Waals surface area contributed by atoms with Gasteiger partial charge in [0.05, 0.1) is 5.52 Å². The molecule has 3 heteroatoms. The molecular weight excluding hydrogens is 284 g/mol. The molecule has 1 fully saturated rings. The first-order valence-corrected chi connectivity index (χ1v) is 8.95. The number of para-hydroxylation sites is 1. The molecule has 1 aliphatic rings. The minimum atomic E-state index is 0.148. The molecule has 0 N–H and O–H groups in total. The van der Waals surface area contributed by atoms with Gasteiger partial charge < -0.3 is 4.57 Å². The third-order valence-electron chi connectivity index (χ3n) is 5.51. The third kappa shape index (κ3) is 3.20. The summed E-state index contributed by atoms with van der Waals surface area (Å²) in [5.74, 6) is 0. The molecule has 0 spiro atoms. The van der Waals surface area contributed by atoms with Crippen LogP contribution in [-0.4, -0.2) is 21.6 Å². The van der Waals surface area contributed by atoms with Gasteiger partial charge >= 0.3 is 0 Å². The van der Waals surface area contributed by atoms with Crippen molar-refractivity contribution >= 4 is 10.9 Å². The summed E-state index contributed by atoms with van der Waals surface area (Å²) in [6.45, 7) is 5.31. The number of nitrogens with zero attached hydrogens (tertiary/aromatic N) is 2. The predicted molar refractivity (Wildman–Crippen MR) is 96.7 cm³/mol. The van der Waals surface area contributed by atoms with Crippen molar-refractivity contribution in [2.75, 3.05) is 0 Å². The zero-order valence-corrected chi connectivity index (χ0v) is 14.6. The molecule has 1 heterocycles. The molecular formula is C20H28N2O. The highest BCUT2D eigenvalue weighted by Crippen LogP contribution is 2.27. The van der Waals surface area contributed by atoms with Crippen LogP contribution in [-0.2, 0) is 13.6 Å². The second kappa shape index (κ2) is 6.88. The van der Waals surface area contributed by atoms with Gasteiger partial charge in [-0.05, 0) is 43.7 Å². The van der Waals surface area contributed by atoms with Gasteiger partial charge in [-0.15, -0.1) is 0 Å². The third-order valence-corrected chi connectivity index (χ3v) is 5.51. The maximum atomic E-state index is 12.8. The molecule has 124 valence electrons. The van der Waals surface area contributed by atoms with E-state index in [9.17, 15) is 4.79 Å². The summed E-state index contributed by atoms with van der Waals surface area (Å²) in [4.78, 5) is 15.3. The Labute approximate surface area is 138 Å². The van der Waals surface area contributed by atoms with Crippen molar-refractivity contribution in [3.8, 4) is 0 Å². The van der Waals surface area contributed by atoms with Crippen LogP contribution in [0.25, 0.3) is 10.9 Å². The maximum absolute atomic E-state index is 12.8. The lowest BCUT2D eigenvalue weighted by atomic mass is 10.1. The molecule has 0 bridgehead atoms. The molecule has 2 aromatic rings. The summed E-state index contributed by atoms with van der Waals surface area (Å²) >= 11 is 0. The van der Waals surface area contributed by atoms with E-state index in [1.165, 1.54) is 25.7 Å². The summed E-state index contributed by atoms with van der Waals surface area (Å²) in [5.41, 5.74) is 2.09. The number of aromatic nitrogens is 1. The summed E-state index contributed by atoms with van der Waals surface area (Å²) in [6.07, 6.45) is 6.33. The van der Waals surface area contributed by atoms with E-state index in [1.807, 2.05) is 25.2 Å². The van der Waals surface area contributed by atoms with Gasteiger partial charge in [0.15, 0.2) is 0 Å². The zero-order chi connectivity index (χ0) is 16.4. The van der Waals surface area contributed by atoms with E-state index in [0.29, 0.717) is 12.1 Å². The molecule has 23 heavy (non-hydrogen) atoms. The smallest absolute Gasteiger partial charge is 0.255 e. The number of hydrogen-bond acceptors (Lipinski definition) is 2. The highest BCUT2D eigenvalue weighted by Gasteiger charge is 2.26. The van der Waals surface area contributed by atoms with Crippen molar-refractivity contribution in [3.05, 3.63) is 46.2 Å². The van der Waals surface area contributed by atoms with Crippen molar-refractivity contribution in [2.24, 2.45) is 7.05 Å². The van der Waals surface area contributed by atoms with E-state index in [1.54, 1.807) is 4.57 Å². The van der Waals surface area contributed by atoms with Gasteiger partial charge in [-0.1, -0.05) is 38.0 Å². The first-order valence-electron chi connectivity index (χ1n) is 8.95. The van der Waals surface area contributed by atoms with Gasteiger partial charge in [0.25, 0.3) is 5.56 Å². The highest BCUT2D eigenvalue weighted by atomic mass is 16.1. The Balaban J connectivity index is 1.98. The monoisotopic (exact) mass is 312 g/mol. The van der Waals surface area contributed by atoms with Crippen LogP contribution in [0, 0.1) is 0 Å². The highest BCUT2D eigenvalue weighted by molar-refractivity contribution is 5.79. The van der Waals surface area contributed by atoms with Crippen LogP contribution < -0.4 is 5.56 Å². The molecule has 1 saturated carbocycles. The summed E-state index contributed by atoms with van der Waals surface area (Å²) in [6, 6.07) is 11.4. The molecule has 3 nitrogen and oxygen atoms in total. The Hall–Kier alpha value is -1.61. The molecule has 1 atom stereocenters. The number of rotatable bonds is 5. The van der Waals surface area contributed by atoms with Gasteiger partial charge in [0.1, 0.15) is 0 Å². The van der Waals surface area contributed by atoms with Crippen LogP contribution in [0.4, 0.5) is 0 Å². The molecule has 1 aliphatic carbocycles. The molecule has 1 aromatic carbocycles. The Morgan fingerprint density at radius 3 is 2.65 bits per heavy atom. The second-order valence-corrected chi connectivity index (χ2v) is 6.96. The van der Waals surface area contributed by atoms with Crippen LogP contribution in [0.3, 0.4) is 0 Å². The van der Waals surface area contributed by atoms with Crippen molar-refractivity contribution in [1.29, 1.82) is 0 Å². The quantitative estimate of drug-likeness (QED) is 0.831. The molecule has 0 unspecified atom stereocenters. The van der Waals surface area contributed by atoms with Gasteiger partial charge in [-0.25, -0.2) is 0 Å². The summed E-state index contributed by atoms with van der Waals surface area (Å²) < 4.78 is 1.80. The van der Waals surface area contributed by atoms with E-state index >= 15 is 0 Å². The molecule has 1 aromatic heterocycles. The first kappa shape index (κ1) is 16.3. The average molecular weight is 312 g/mol. The Kier molecular flexibility index (Phi) is 4.86. The summed E-state index contributed by atoms with van der Waals surface area (Å²) in [5, 5.41) is 1.15. The minimum Gasteiger partial charge on any atom is -0.311 e. The number of benzene rings is 1. The zero-order valence-electron chi connectivity index (χ0n) is 14.6. The van der Waals surface area contributed by atoms with Crippen LogP contribution >= 0.6 is 0 Å². The molecule has 0 amide bonds. The molecule has 3 rings (SSSR count). The maximum Gasteiger partial charge on any atom is 0.255 e. The van der Waals surface area contributed by atoms with Crippen LogP contribution in [0.2, 0.25) is 0 Å². The number of hydrogen-bond donors (Lipinski definition) is 0. The fourth-order valence-electron chi connectivity index (χ4n) is 3.91. The lowest BCUT2D eigenvalue weighted by Crippen LogP contribution is -2.41. The average Bonchev–Trinajstić information content (AvgIpc) is 3.10. The van der Waals surface area contributed by atoms with Crippen LogP contribution in [0.15, 0.2) is 35.1 Å². The van der Waals surface area contributed by atoms with E-state index in [-0.39, 0.29) is 5.56 Å². The van der Waals surface area contributed by atoms with Gasteiger partial charge in [0.2, 0.25) is 0 Å². The fourth-order valence-corrected chi connectivity index (χ4v) is 3.91. The van der Waals surface area contributed by atoms with Gasteiger partial charge in [-0.3, -0.25) is 9.69 Å². The summed E-state index contributed by atoms with van der Waals surface area (Å²) in [7, 11) is 1.89. The van der Waals surface area contributed by atoms with Crippen molar-refractivity contribution < 1.29 is 0 Å². The lowest BCUT2D eigenvalue weighted by molar-refractivity contribution is 0.132. The normalized spacial score (nSPS) is 17.2. The topological polar surface area (TPSA) is 25.2 Å². The van der Waals surface area contributed by atoms with E-state index < -0.39 is 0 Å². The van der Waals surface area contributed by atoms with Crippen molar-refractivity contribution in [3.63, 3.8) is 0 Å². The Morgan fingerprint density at radius 1 is 1.26 bits per heavy atom. The predicted octanol–water partition coefficient (Wildman–Crippen LogP) is 4.08. The first-order chi connectivity index (χ1) is 11.1. The van der Waals surface area contributed by atoms with Gasteiger partial charge in [0, 0.05) is 31.2 Å². The molecule has 0 aliphatic heterocycles. The van der Waals surface area contributed by atoms with Crippen LogP contribution in [0.5, 0.6) is 0 Å². The van der Waals surface area contributed by atoms with E-state index in [0.717, 1.165) is 29.4 Å². The Bertz CT molecular complexity index is 728. The number of fused-ring (bicyclic) bond motifs is 1. The minimum absolute atomic E-state index is 0.148. The number of pyridine rings is 1. The molecule has 0 saturated heterocycles. The Morgan fingerprint density at radius 2 is 1.96 bits per heavy atom. The van der Waals surface area contributed by atoms with E-state index in [4.69, 9.17) is 0 Å². The van der Waals surface area contributed by atoms with Crippen LogP contribution in [0.1, 0.15) is 51.5 Å². The van der Waals surface area contributed by atoms with Crippen molar-refractivity contribution in [1.82, 2.24) is 9.47 Å². The van der Waals surface area contributed by atoms with E-state index in [2.05, 4.69) is 30.9 Å².